The van der Waals surface area contributed by atoms with Gasteiger partial charge in [-0.15, -0.1) is 0 Å². The molecule has 1 aromatic heterocycles. The molecule has 0 bridgehead atoms. The third-order valence-corrected chi connectivity index (χ3v) is 3.49. The smallest absolute Gasteiger partial charge is 0.325 e. The molecule has 1 aliphatic heterocycles. The van der Waals surface area contributed by atoms with E-state index in [1.54, 1.807) is 18.2 Å². The van der Waals surface area contributed by atoms with Crippen molar-refractivity contribution >= 4 is 29.1 Å². The molecule has 3 rings (SSSR count). The largest absolute Gasteiger partial charge is 0.486 e. The lowest BCUT2D eigenvalue weighted by molar-refractivity contribution is -0.138. The molecule has 1 aromatic carbocycles. The molecule has 2 heterocycles. The van der Waals surface area contributed by atoms with Crippen LogP contribution in [0.3, 0.4) is 0 Å². The molecule has 0 atom stereocenters. The molecule has 0 spiro atoms. The van der Waals surface area contributed by atoms with Gasteiger partial charge in [-0.1, -0.05) is 0 Å². The van der Waals surface area contributed by atoms with Crippen LogP contribution in [-0.4, -0.2) is 42.8 Å². The first kappa shape index (κ1) is 16.3. The lowest BCUT2D eigenvalue weighted by Gasteiger charge is -2.25. The Labute approximate surface area is 141 Å². The van der Waals surface area contributed by atoms with E-state index in [0.717, 1.165) is 6.20 Å². The molecule has 9 heteroatoms. The summed E-state index contributed by atoms with van der Waals surface area (Å²) in [6.45, 7) is 0.593. The Hall–Kier alpha value is -2.61. The molecule has 0 saturated heterocycles. The van der Waals surface area contributed by atoms with Crippen molar-refractivity contribution in [3.63, 3.8) is 0 Å². The second kappa shape index (κ2) is 6.88. The van der Waals surface area contributed by atoms with Crippen LogP contribution in [0.25, 0.3) is 0 Å². The number of methoxy groups -OCH3 is 1. The highest BCUT2D eigenvalue weighted by atomic mass is 35.5. The van der Waals surface area contributed by atoms with Gasteiger partial charge in [0.1, 0.15) is 19.8 Å². The van der Waals surface area contributed by atoms with Gasteiger partial charge < -0.3 is 19.1 Å². The van der Waals surface area contributed by atoms with E-state index in [0.29, 0.717) is 30.4 Å². The number of carbonyl (C=O) groups excluding carboxylic acids is 1. The number of ether oxygens (including phenoxy) is 3. The van der Waals surface area contributed by atoms with E-state index >= 15 is 0 Å². The van der Waals surface area contributed by atoms with E-state index in [4.69, 9.17) is 21.1 Å². The SMILES string of the molecule is COC(=O)CN(c1ccc2c(c1)OCCO2)c1nc(Cl)ncc1F. The molecule has 0 radical (unpaired) electrons. The van der Waals surface area contributed by atoms with E-state index in [-0.39, 0.29) is 17.6 Å². The minimum atomic E-state index is -0.724. The summed E-state index contributed by atoms with van der Waals surface area (Å²) in [4.78, 5) is 20.5. The Morgan fingerprint density at radius 3 is 2.88 bits per heavy atom. The van der Waals surface area contributed by atoms with Gasteiger partial charge >= 0.3 is 5.97 Å². The Kier molecular flexibility index (Phi) is 4.66. The number of carbonyl (C=O) groups is 1. The predicted molar refractivity (Wildman–Crippen MR) is 83.5 cm³/mol. The number of fused-ring (bicyclic) bond motifs is 1. The minimum Gasteiger partial charge on any atom is -0.486 e. The molecule has 2 aromatic rings. The Morgan fingerprint density at radius 2 is 2.12 bits per heavy atom. The summed E-state index contributed by atoms with van der Waals surface area (Å²) < 4.78 is 29.8. The number of benzene rings is 1. The molecule has 0 amide bonds. The van der Waals surface area contributed by atoms with Gasteiger partial charge in [0.25, 0.3) is 0 Å². The number of hydrogen-bond acceptors (Lipinski definition) is 7. The summed E-state index contributed by atoms with van der Waals surface area (Å²) in [7, 11) is 1.24. The lowest BCUT2D eigenvalue weighted by Crippen LogP contribution is -2.28. The van der Waals surface area contributed by atoms with Crippen molar-refractivity contribution in [2.24, 2.45) is 0 Å². The first-order valence-corrected chi connectivity index (χ1v) is 7.38. The normalized spacial score (nSPS) is 12.6. The highest BCUT2D eigenvalue weighted by Crippen LogP contribution is 2.36. The van der Waals surface area contributed by atoms with Crippen molar-refractivity contribution in [1.29, 1.82) is 0 Å². The number of anilines is 2. The molecule has 24 heavy (non-hydrogen) atoms. The number of nitrogens with zero attached hydrogens (tertiary/aromatic N) is 3. The Morgan fingerprint density at radius 1 is 1.38 bits per heavy atom. The zero-order valence-electron chi connectivity index (χ0n) is 12.7. The van der Waals surface area contributed by atoms with Crippen LogP contribution in [-0.2, 0) is 9.53 Å². The zero-order chi connectivity index (χ0) is 17.1. The van der Waals surface area contributed by atoms with Crippen LogP contribution in [0.1, 0.15) is 0 Å². The third kappa shape index (κ3) is 3.33. The van der Waals surface area contributed by atoms with Crippen LogP contribution in [0.2, 0.25) is 5.28 Å². The molecule has 0 N–H and O–H groups in total. The fourth-order valence-electron chi connectivity index (χ4n) is 2.21. The first-order valence-electron chi connectivity index (χ1n) is 7.00. The molecule has 7 nitrogen and oxygen atoms in total. The molecule has 1 aliphatic rings. The molecule has 126 valence electrons. The summed E-state index contributed by atoms with van der Waals surface area (Å²) in [6, 6.07) is 4.97. The van der Waals surface area contributed by atoms with Crippen molar-refractivity contribution in [2.45, 2.75) is 0 Å². The van der Waals surface area contributed by atoms with Gasteiger partial charge in [0, 0.05) is 11.8 Å². The number of esters is 1. The van der Waals surface area contributed by atoms with E-state index in [2.05, 4.69) is 14.7 Å². The molecule has 0 unspecified atom stereocenters. The number of rotatable bonds is 4. The maximum atomic E-state index is 14.2. The summed E-state index contributed by atoms with van der Waals surface area (Å²) in [6.07, 6.45) is 0.937. The van der Waals surface area contributed by atoms with Gasteiger partial charge in [0.05, 0.1) is 13.3 Å². The molecule has 0 fully saturated rings. The van der Waals surface area contributed by atoms with Crippen LogP contribution in [0.4, 0.5) is 15.9 Å². The van der Waals surface area contributed by atoms with Gasteiger partial charge in [-0.2, -0.15) is 4.98 Å². The van der Waals surface area contributed by atoms with E-state index in [9.17, 15) is 9.18 Å². The van der Waals surface area contributed by atoms with Crippen molar-refractivity contribution in [3.05, 3.63) is 35.5 Å². The standard InChI is InChI=1S/C15H13ClFN3O4/c1-22-13(21)8-20(14-10(17)7-18-15(16)19-14)9-2-3-11-12(6-9)24-5-4-23-11/h2-3,6-7H,4-5,8H2,1H3. The summed E-state index contributed by atoms with van der Waals surface area (Å²) in [5, 5.41) is -0.140. The van der Waals surface area contributed by atoms with Crippen LogP contribution >= 0.6 is 11.6 Å². The van der Waals surface area contributed by atoms with Crippen molar-refractivity contribution in [2.75, 3.05) is 31.8 Å². The highest BCUT2D eigenvalue weighted by Gasteiger charge is 2.22. The lowest BCUT2D eigenvalue weighted by atomic mass is 10.2. The summed E-state index contributed by atoms with van der Waals surface area (Å²) >= 11 is 5.76. The monoisotopic (exact) mass is 353 g/mol. The maximum Gasteiger partial charge on any atom is 0.325 e. The highest BCUT2D eigenvalue weighted by molar-refractivity contribution is 6.28. The van der Waals surface area contributed by atoms with E-state index in [1.165, 1.54) is 12.0 Å². The van der Waals surface area contributed by atoms with Gasteiger partial charge in [0.15, 0.2) is 23.1 Å². The van der Waals surface area contributed by atoms with Gasteiger partial charge in [-0.3, -0.25) is 4.79 Å². The quantitative estimate of drug-likeness (QED) is 0.617. The topological polar surface area (TPSA) is 73.8 Å². The fourth-order valence-corrected chi connectivity index (χ4v) is 2.34. The minimum absolute atomic E-state index is 0.140. The van der Waals surface area contributed by atoms with Crippen LogP contribution in [0.15, 0.2) is 24.4 Å². The summed E-state index contributed by atoms with van der Waals surface area (Å²) in [5.74, 6) is -0.368. The second-order valence-corrected chi connectivity index (χ2v) is 5.14. The fraction of sp³-hybridized carbons (Fsp3) is 0.267. The molecular weight excluding hydrogens is 341 g/mol. The molecule has 0 aliphatic carbocycles. The number of hydrogen-bond donors (Lipinski definition) is 0. The first-order chi connectivity index (χ1) is 11.6. The third-order valence-electron chi connectivity index (χ3n) is 3.30. The average Bonchev–Trinajstić information content (AvgIpc) is 2.61. The van der Waals surface area contributed by atoms with Gasteiger partial charge in [-0.05, 0) is 23.7 Å². The number of aromatic nitrogens is 2. The van der Waals surface area contributed by atoms with Gasteiger partial charge in [-0.25, -0.2) is 9.37 Å². The van der Waals surface area contributed by atoms with Crippen LogP contribution < -0.4 is 14.4 Å². The maximum absolute atomic E-state index is 14.2. The zero-order valence-corrected chi connectivity index (χ0v) is 13.4. The Balaban J connectivity index is 2.04. The van der Waals surface area contributed by atoms with Crippen LogP contribution in [0, 0.1) is 5.82 Å². The van der Waals surface area contributed by atoms with E-state index < -0.39 is 11.8 Å². The van der Waals surface area contributed by atoms with Crippen molar-refractivity contribution in [1.82, 2.24) is 9.97 Å². The predicted octanol–water partition coefficient (Wildman–Crippen LogP) is 2.35. The second-order valence-electron chi connectivity index (χ2n) is 4.80. The average molecular weight is 354 g/mol. The molecular formula is C15H13ClFN3O4. The molecule has 0 saturated carbocycles. The summed E-state index contributed by atoms with van der Waals surface area (Å²) in [5.41, 5.74) is 0.471. The number of halogens is 2. The van der Waals surface area contributed by atoms with Crippen molar-refractivity contribution < 1.29 is 23.4 Å². The van der Waals surface area contributed by atoms with Crippen LogP contribution in [0.5, 0.6) is 11.5 Å². The van der Waals surface area contributed by atoms with E-state index in [1.807, 2.05) is 0 Å². The van der Waals surface area contributed by atoms with Crippen molar-refractivity contribution in [3.8, 4) is 11.5 Å². The van der Waals surface area contributed by atoms with Gasteiger partial charge in [0.2, 0.25) is 5.28 Å². The Bertz CT molecular complexity index is 774.